The summed E-state index contributed by atoms with van der Waals surface area (Å²) in [6.07, 6.45) is 3.72. The van der Waals surface area contributed by atoms with Gasteiger partial charge in [-0.25, -0.2) is 8.78 Å². The van der Waals surface area contributed by atoms with Crippen molar-refractivity contribution in [3.63, 3.8) is 0 Å². The fourth-order valence-electron chi connectivity index (χ4n) is 5.10. The van der Waals surface area contributed by atoms with Gasteiger partial charge in [0.25, 0.3) is 5.91 Å². The molecule has 1 saturated heterocycles. The van der Waals surface area contributed by atoms with Crippen molar-refractivity contribution in [2.24, 2.45) is 5.92 Å². The highest BCUT2D eigenvalue weighted by atomic mass is 19.1. The van der Waals surface area contributed by atoms with E-state index in [0.717, 1.165) is 56.6 Å². The van der Waals surface area contributed by atoms with Gasteiger partial charge in [-0.3, -0.25) is 14.5 Å². The third-order valence-electron chi connectivity index (χ3n) is 7.63. The van der Waals surface area contributed by atoms with E-state index in [-0.39, 0.29) is 35.9 Å². The predicted octanol–water partition coefficient (Wildman–Crippen LogP) is 5.35. The first-order valence-electron chi connectivity index (χ1n) is 13.6. The molecular formula is C31H34F2N4O2. The number of nitrogens with zero attached hydrogens (tertiary/aromatic N) is 2. The van der Waals surface area contributed by atoms with E-state index in [1.165, 1.54) is 18.2 Å². The lowest BCUT2D eigenvalue weighted by Gasteiger charge is -2.27. The van der Waals surface area contributed by atoms with Crippen molar-refractivity contribution in [3.05, 3.63) is 95.1 Å². The summed E-state index contributed by atoms with van der Waals surface area (Å²) in [6.45, 7) is 3.78. The number of nitrogens with one attached hydrogen (secondary N) is 2. The minimum absolute atomic E-state index is 0.00905. The molecule has 0 unspecified atom stereocenters. The number of amides is 2. The van der Waals surface area contributed by atoms with Crippen molar-refractivity contribution in [3.8, 4) is 0 Å². The normalized spacial score (nSPS) is 16.3. The molecule has 1 aliphatic carbocycles. The van der Waals surface area contributed by atoms with Crippen molar-refractivity contribution < 1.29 is 18.4 Å². The summed E-state index contributed by atoms with van der Waals surface area (Å²) in [7, 11) is 0. The first kappa shape index (κ1) is 26.8. The Kier molecular flexibility index (Phi) is 8.51. The molecule has 2 aliphatic rings. The van der Waals surface area contributed by atoms with Gasteiger partial charge in [-0.05, 0) is 61.2 Å². The van der Waals surface area contributed by atoms with E-state index in [2.05, 4.69) is 20.4 Å². The first-order chi connectivity index (χ1) is 19.0. The van der Waals surface area contributed by atoms with Crippen LogP contribution < -0.4 is 15.5 Å². The summed E-state index contributed by atoms with van der Waals surface area (Å²) in [5.41, 5.74) is 3.34. The molecule has 204 valence electrons. The van der Waals surface area contributed by atoms with Crippen LogP contribution in [0.3, 0.4) is 0 Å². The maximum absolute atomic E-state index is 14.2. The van der Waals surface area contributed by atoms with Crippen molar-refractivity contribution in [2.75, 3.05) is 36.4 Å². The highest BCUT2D eigenvalue weighted by Gasteiger charge is 2.26. The number of hydrogen-bond acceptors (Lipinski definition) is 4. The van der Waals surface area contributed by atoms with Gasteiger partial charge in [0.2, 0.25) is 5.91 Å². The molecule has 3 aromatic carbocycles. The summed E-state index contributed by atoms with van der Waals surface area (Å²) in [4.78, 5) is 30.4. The number of halogens is 2. The van der Waals surface area contributed by atoms with E-state index in [1.807, 2.05) is 24.3 Å². The Morgan fingerprint density at radius 3 is 2.41 bits per heavy atom. The molecule has 0 spiro atoms. The Hall–Kier alpha value is -3.78. The minimum atomic E-state index is -0.326. The fraction of sp³-hybridized carbons (Fsp3) is 0.355. The maximum Gasteiger partial charge on any atom is 0.253 e. The molecule has 1 heterocycles. The maximum atomic E-state index is 14.2. The lowest BCUT2D eigenvalue weighted by atomic mass is 9.85. The average molecular weight is 533 g/mol. The third kappa shape index (κ3) is 6.81. The van der Waals surface area contributed by atoms with Crippen molar-refractivity contribution >= 4 is 23.2 Å². The first-order valence-corrected chi connectivity index (χ1v) is 13.6. The van der Waals surface area contributed by atoms with Crippen LogP contribution >= 0.6 is 0 Å². The van der Waals surface area contributed by atoms with Gasteiger partial charge < -0.3 is 15.5 Å². The SMILES string of the molecule is O=C(NCc1ccc(F)cc1)c1cc(NC(=O)C2CCC2)ccc1N1CCCN(Cc2ccccc2F)CC1. The molecule has 0 radical (unpaired) electrons. The lowest BCUT2D eigenvalue weighted by Crippen LogP contribution is -2.33. The van der Waals surface area contributed by atoms with Crippen LogP contribution in [0.25, 0.3) is 0 Å². The molecule has 0 bridgehead atoms. The molecule has 2 amide bonds. The van der Waals surface area contributed by atoms with E-state index in [9.17, 15) is 18.4 Å². The molecule has 0 atom stereocenters. The van der Waals surface area contributed by atoms with Gasteiger partial charge in [-0.1, -0.05) is 36.8 Å². The largest absolute Gasteiger partial charge is 0.370 e. The zero-order chi connectivity index (χ0) is 27.2. The summed E-state index contributed by atoms with van der Waals surface area (Å²) in [6, 6.07) is 18.4. The molecule has 2 N–H and O–H groups in total. The third-order valence-corrected chi connectivity index (χ3v) is 7.63. The molecule has 8 heteroatoms. The van der Waals surface area contributed by atoms with Crippen LogP contribution in [0, 0.1) is 17.6 Å². The number of carbonyl (C=O) groups is 2. The van der Waals surface area contributed by atoms with Gasteiger partial charge in [-0.2, -0.15) is 0 Å². The molecule has 1 saturated carbocycles. The van der Waals surface area contributed by atoms with Crippen LogP contribution in [0.4, 0.5) is 20.2 Å². The van der Waals surface area contributed by atoms with Gasteiger partial charge in [0, 0.05) is 62.1 Å². The van der Waals surface area contributed by atoms with Crippen molar-refractivity contribution in [1.29, 1.82) is 0 Å². The zero-order valence-corrected chi connectivity index (χ0v) is 22.0. The van der Waals surface area contributed by atoms with Gasteiger partial charge in [0.05, 0.1) is 5.56 Å². The number of rotatable bonds is 8. The summed E-state index contributed by atoms with van der Waals surface area (Å²) in [5.74, 6) is -0.760. The second-order valence-electron chi connectivity index (χ2n) is 10.4. The Morgan fingerprint density at radius 1 is 0.872 bits per heavy atom. The van der Waals surface area contributed by atoms with E-state index < -0.39 is 0 Å². The number of anilines is 2. The second-order valence-corrected chi connectivity index (χ2v) is 10.4. The number of carbonyl (C=O) groups excluding carboxylic acids is 2. The van der Waals surface area contributed by atoms with E-state index in [4.69, 9.17) is 0 Å². The summed E-state index contributed by atoms with van der Waals surface area (Å²) >= 11 is 0. The zero-order valence-electron chi connectivity index (χ0n) is 22.0. The van der Waals surface area contributed by atoms with Crippen LogP contribution in [0.1, 0.15) is 47.2 Å². The Bertz CT molecular complexity index is 1310. The Morgan fingerprint density at radius 2 is 1.67 bits per heavy atom. The average Bonchev–Trinajstić information content (AvgIpc) is 3.14. The topological polar surface area (TPSA) is 64.7 Å². The lowest BCUT2D eigenvalue weighted by molar-refractivity contribution is -0.122. The predicted molar refractivity (Wildman–Crippen MR) is 148 cm³/mol. The summed E-state index contributed by atoms with van der Waals surface area (Å²) in [5, 5.41) is 5.93. The van der Waals surface area contributed by atoms with E-state index in [0.29, 0.717) is 29.9 Å². The van der Waals surface area contributed by atoms with Crippen molar-refractivity contribution in [1.82, 2.24) is 10.2 Å². The molecule has 39 heavy (non-hydrogen) atoms. The Balaban J connectivity index is 1.32. The molecule has 3 aromatic rings. The quantitative estimate of drug-likeness (QED) is 0.411. The molecule has 0 aromatic heterocycles. The van der Waals surface area contributed by atoms with Crippen LogP contribution in [-0.4, -0.2) is 42.9 Å². The smallest absolute Gasteiger partial charge is 0.253 e. The van der Waals surface area contributed by atoms with Gasteiger partial charge in [-0.15, -0.1) is 0 Å². The van der Waals surface area contributed by atoms with Crippen molar-refractivity contribution in [2.45, 2.75) is 38.8 Å². The minimum Gasteiger partial charge on any atom is -0.370 e. The van der Waals surface area contributed by atoms with Crippen LogP contribution in [0.15, 0.2) is 66.7 Å². The van der Waals surface area contributed by atoms with Gasteiger partial charge in [0.1, 0.15) is 11.6 Å². The summed E-state index contributed by atoms with van der Waals surface area (Å²) < 4.78 is 27.5. The number of benzene rings is 3. The highest BCUT2D eigenvalue weighted by Crippen LogP contribution is 2.30. The molecular weight excluding hydrogens is 498 g/mol. The molecule has 6 nitrogen and oxygen atoms in total. The van der Waals surface area contributed by atoms with E-state index >= 15 is 0 Å². The number of hydrogen-bond donors (Lipinski definition) is 2. The van der Waals surface area contributed by atoms with Crippen LogP contribution in [0.5, 0.6) is 0 Å². The second kappa shape index (κ2) is 12.4. The standard InChI is InChI=1S/C31H34F2N4O2/c32-25-11-9-22(10-12-25)20-34-31(39)27-19-26(35-30(38)23-6-3-7-23)13-14-29(27)37-16-4-15-36(17-18-37)21-24-5-1-2-8-28(24)33/h1-2,5,8-14,19,23H,3-4,6-7,15-18,20-21H2,(H,34,39)(H,35,38). The van der Waals surface area contributed by atoms with Crippen LogP contribution in [0.2, 0.25) is 0 Å². The molecule has 1 aliphatic heterocycles. The van der Waals surface area contributed by atoms with Crippen LogP contribution in [-0.2, 0) is 17.9 Å². The Labute approximate surface area is 228 Å². The van der Waals surface area contributed by atoms with Gasteiger partial charge in [0.15, 0.2) is 0 Å². The highest BCUT2D eigenvalue weighted by molar-refractivity contribution is 6.02. The fourth-order valence-corrected chi connectivity index (χ4v) is 5.10. The van der Waals surface area contributed by atoms with E-state index in [1.54, 1.807) is 24.3 Å². The monoisotopic (exact) mass is 532 g/mol. The molecule has 5 rings (SSSR count). The van der Waals surface area contributed by atoms with Gasteiger partial charge >= 0.3 is 0 Å². The molecule has 2 fully saturated rings.